The summed E-state index contributed by atoms with van der Waals surface area (Å²) >= 11 is 0. The van der Waals surface area contributed by atoms with Crippen LogP contribution < -0.4 is 0 Å². The van der Waals surface area contributed by atoms with E-state index >= 15 is 0 Å². The molecule has 112 valence electrons. The lowest BCUT2D eigenvalue weighted by molar-refractivity contribution is -0.185. The van der Waals surface area contributed by atoms with Gasteiger partial charge >= 0.3 is 5.97 Å². The van der Waals surface area contributed by atoms with Gasteiger partial charge in [0, 0.05) is 0 Å². The first-order valence-corrected chi connectivity index (χ1v) is 7.05. The Labute approximate surface area is 128 Å². The van der Waals surface area contributed by atoms with Gasteiger partial charge < -0.3 is 14.6 Å². The van der Waals surface area contributed by atoms with Gasteiger partial charge in [0.1, 0.15) is 6.61 Å². The van der Waals surface area contributed by atoms with E-state index in [-0.39, 0.29) is 5.76 Å². The van der Waals surface area contributed by atoms with Gasteiger partial charge in [-0.05, 0) is 17.2 Å². The van der Waals surface area contributed by atoms with E-state index in [1.54, 1.807) is 6.08 Å². The summed E-state index contributed by atoms with van der Waals surface area (Å²) in [5, 5.41) is 9.65. The molecule has 1 saturated heterocycles. The number of carbonyl (C=O) groups excluding carboxylic acids is 1. The summed E-state index contributed by atoms with van der Waals surface area (Å²) in [6, 6.07) is 18.8. The van der Waals surface area contributed by atoms with Gasteiger partial charge in [-0.1, -0.05) is 60.7 Å². The standard InChI is InChI=1S/C18H16O4/c19-13-18(12-15-9-5-2-6-10-15)21-16(17(20)22-18)11-14-7-3-1-4-8-14/h1-11,19H,12-13H2/b16-11-/t18-/m1/s1. The zero-order valence-electron chi connectivity index (χ0n) is 11.9. The highest BCUT2D eigenvalue weighted by Gasteiger charge is 2.45. The molecule has 0 spiro atoms. The Hall–Kier alpha value is -2.59. The van der Waals surface area contributed by atoms with Crippen molar-refractivity contribution in [2.45, 2.75) is 12.2 Å². The first kappa shape index (κ1) is 14.4. The normalized spacial score (nSPS) is 22.4. The maximum Gasteiger partial charge on any atom is 0.377 e. The van der Waals surface area contributed by atoms with Crippen LogP contribution in [-0.4, -0.2) is 23.5 Å². The van der Waals surface area contributed by atoms with Gasteiger partial charge in [0.15, 0.2) is 0 Å². The molecule has 0 aromatic heterocycles. The van der Waals surface area contributed by atoms with Gasteiger partial charge in [-0.15, -0.1) is 0 Å². The van der Waals surface area contributed by atoms with Crippen LogP contribution in [0, 0.1) is 0 Å². The summed E-state index contributed by atoms with van der Waals surface area (Å²) in [5.41, 5.74) is 1.76. The van der Waals surface area contributed by atoms with Crippen molar-refractivity contribution in [3.8, 4) is 0 Å². The molecule has 3 rings (SSSR count). The number of benzene rings is 2. The number of ether oxygens (including phenoxy) is 2. The van der Waals surface area contributed by atoms with E-state index in [0.29, 0.717) is 6.42 Å². The Bertz CT molecular complexity index is 679. The molecule has 1 atom stereocenters. The molecule has 0 radical (unpaired) electrons. The number of esters is 1. The lowest BCUT2D eigenvalue weighted by atomic mass is 10.1. The van der Waals surface area contributed by atoms with Crippen molar-refractivity contribution in [2.75, 3.05) is 6.61 Å². The van der Waals surface area contributed by atoms with E-state index in [2.05, 4.69) is 0 Å². The van der Waals surface area contributed by atoms with Crippen molar-refractivity contribution < 1.29 is 19.4 Å². The van der Waals surface area contributed by atoms with Crippen LogP contribution in [0.1, 0.15) is 11.1 Å². The molecule has 0 unspecified atom stereocenters. The number of hydrogen-bond acceptors (Lipinski definition) is 4. The SMILES string of the molecule is O=C1O[C@@](CO)(Cc2ccccc2)O/C1=C\c1ccccc1. The van der Waals surface area contributed by atoms with Crippen LogP contribution in [0.15, 0.2) is 66.4 Å². The molecule has 2 aromatic rings. The molecule has 0 saturated carbocycles. The van der Waals surface area contributed by atoms with Crippen LogP contribution in [0.5, 0.6) is 0 Å². The topological polar surface area (TPSA) is 55.8 Å². The van der Waals surface area contributed by atoms with Crippen molar-refractivity contribution >= 4 is 12.0 Å². The Kier molecular flexibility index (Phi) is 3.94. The lowest BCUT2D eigenvalue weighted by Gasteiger charge is -2.23. The Balaban J connectivity index is 1.83. The van der Waals surface area contributed by atoms with Crippen molar-refractivity contribution in [2.24, 2.45) is 0 Å². The minimum absolute atomic E-state index is 0.108. The summed E-state index contributed by atoms with van der Waals surface area (Å²) in [7, 11) is 0. The van der Waals surface area contributed by atoms with Crippen LogP contribution >= 0.6 is 0 Å². The van der Waals surface area contributed by atoms with Crippen LogP contribution in [0.3, 0.4) is 0 Å². The molecule has 1 aliphatic rings. The first-order valence-electron chi connectivity index (χ1n) is 7.05. The van der Waals surface area contributed by atoms with E-state index in [4.69, 9.17) is 9.47 Å². The molecule has 1 fully saturated rings. The summed E-state index contributed by atoms with van der Waals surface area (Å²) in [5.74, 6) is -1.80. The molecule has 2 aromatic carbocycles. The quantitative estimate of drug-likeness (QED) is 0.696. The van der Waals surface area contributed by atoms with E-state index in [0.717, 1.165) is 11.1 Å². The van der Waals surface area contributed by atoms with Gasteiger partial charge in [-0.2, -0.15) is 0 Å². The van der Waals surface area contributed by atoms with E-state index in [9.17, 15) is 9.90 Å². The summed E-state index contributed by atoms with van der Waals surface area (Å²) in [6.45, 7) is -0.403. The van der Waals surface area contributed by atoms with Crippen LogP contribution in [-0.2, 0) is 20.7 Å². The third-order valence-electron chi connectivity index (χ3n) is 3.43. The predicted molar refractivity (Wildman–Crippen MR) is 81.6 cm³/mol. The Morgan fingerprint density at radius 3 is 2.23 bits per heavy atom. The minimum atomic E-state index is -1.35. The highest BCUT2D eigenvalue weighted by atomic mass is 16.8. The fraction of sp³-hybridized carbons (Fsp3) is 0.167. The zero-order chi connectivity index (χ0) is 15.4. The predicted octanol–water partition coefficient (Wildman–Crippen LogP) is 2.53. The minimum Gasteiger partial charge on any atom is -0.442 e. The van der Waals surface area contributed by atoms with Crippen LogP contribution in [0.25, 0.3) is 6.08 Å². The van der Waals surface area contributed by atoms with Crippen LogP contribution in [0.4, 0.5) is 0 Å². The van der Waals surface area contributed by atoms with Gasteiger partial charge in [0.05, 0.1) is 6.42 Å². The highest BCUT2D eigenvalue weighted by Crippen LogP contribution is 2.31. The number of rotatable bonds is 4. The third-order valence-corrected chi connectivity index (χ3v) is 3.43. The fourth-order valence-corrected chi connectivity index (χ4v) is 2.37. The van der Waals surface area contributed by atoms with E-state index < -0.39 is 18.4 Å². The molecule has 1 N–H and O–H groups in total. The first-order chi connectivity index (χ1) is 10.7. The maximum atomic E-state index is 12.0. The van der Waals surface area contributed by atoms with E-state index in [1.807, 2.05) is 60.7 Å². The summed E-state index contributed by atoms with van der Waals surface area (Å²) in [6.07, 6.45) is 1.91. The summed E-state index contributed by atoms with van der Waals surface area (Å²) in [4.78, 5) is 12.0. The van der Waals surface area contributed by atoms with Gasteiger partial charge in [-0.25, -0.2) is 4.79 Å². The number of aliphatic hydroxyl groups is 1. The molecule has 0 bridgehead atoms. The van der Waals surface area contributed by atoms with Crippen molar-refractivity contribution in [3.63, 3.8) is 0 Å². The molecule has 22 heavy (non-hydrogen) atoms. The van der Waals surface area contributed by atoms with Gasteiger partial charge in [0.25, 0.3) is 5.79 Å². The molecule has 1 heterocycles. The molecule has 4 nitrogen and oxygen atoms in total. The molecule has 1 aliphatic heterocycles. The second-order valence-electron chi connectivity index (χ2n) is 5.14. The summed E-state index contributed by atoms with van der Waals surface area (Å²) < 4.78 is 11.0. The average molecular weight is 296 g/mol. The van der Waals surface area contributed by atoms with Crippen molar-refractivity contribution in [1.29, 1.82) is 0 Å². The lowest BCUT2D eigenvalue weighted by Crippen LogP contribution is -2.37. The molecular weight excluding hydrogens is 280 g/mol. The Morgan fingerprint density at radius 2 is 1.59 bits per heavy atom. The van der Waals surface area contributed by atoms with Crippen LogP contribution in [0.2, 0.25) is 0 Å². The van der Waals surface area contributed by atoms with Crippen molar-refractivity contribution in [1.82, 2.24) is 0 Å². The zero-order valence-corrected chi connectivity index (χ0v) is 11.9. The average Bonchev–Trinajstić information content (AvgIpc) is 2.86. The largest absolute Gasteiger partial charge is 0.442 e. The number of cyclic esters (lactones) is 1. The maximum absolute atomic E-state index is 12.0. The highest BCUT2D eigenvalue weighted by molar-refractivity contribution is 5.93. The Morgan fingerprint density at radius 1 is 0.955 bits per heavy atom. The number of aliphatic hydroxyl groups excluding tert-OH is 1. The van der Waals surface area contributed by atoms with Gasteiger partial charge in [-0.3, -0.25) is 0 Å². The number of hydrogen-bond donors (Lipinski definition) is 1. The molecule has 0 amide bonds. The second-order valence-corrected chi connectivity index (χ2v) is 5.14. The van der Waals surface area contributed by atoms with Gasteiger partial charge in [0.2, 0.25) is 5.76 Å². The molecule has 0 aliphatic carbocycles. The molecular formula is C18H16O4. The number of carbonyl (C=O) groups is 1. The second kappa shape index (κ2) is 6.03. The fourth-order valence-electron chi connectivity index (χ4n) is 2.37. The van der Waals surface area contributed by atoms with Crippen molar-refractivity contribution in [3.05, 3.63) is 77.5 Å². The van der Waals surface area contributed by atoms with E-state index in [1.165, 1.54) is 0 Å². The molecule has 4 heteroatoms. The smallest absolute Gasteiger partial charge is 0.377 e. The monoisotopic (exact) mass is 296 g/mol. The third kappa shape index (κ3) is 3.02.